The number of pyridine rings is 1. The van der Waals surface area contributed by atoms with Crippen molar-refractivity contribution in [3.8, 4) is 5.75 Å². The van der Waals surface area contributed by atoms with Crippen LogP contribution in [-0.2, 0) is 16.0 Å². The number of rotatable bonds is 6. The van der Waals surface area contributed by atoms with E-state index in [0.717, 1.165) is 47.1 Å². The van der Waals surface area contributed by atoms with Crippen LogP contribution in [-0.4, -0.2) is 71.9 Å². The third-order valence-electron chi connectivity index (χ3n) is 9.48. The molecule has 1 aliphatic carbocycles. The van der Waals surface area contributed by atoms with Crippen molar-refractivity contribution in [2.24, 2.45) is 5.41 Å². The van der Waals surface area contributed by atoms with E-state index in [0.29, 0.717) is 37.5 Å². The number of likely N-dealkylation sites (tertiary alicyclic amines) is 1. The summed E-state index contributed by atoms with van der Waals surface area (Å²) in [5, 5.41) is 0.869. The molecule has 0 amide bonds. The highest BCUT2D eigenvalue weighted by Crippen LogP contribution is 2.61. The molecule has 1 spiro atoms. The molecule has 9 nitrogen and oxygen atoms in total. The Balaban J connectivity index is 1.42. The van der Waals surface area contributed by atoms with E-state index >= 15 is 0 Å². The third-order valence-corrected chi connectivity index (χ3v) is 9.48. The Morgan fingerprint density at radius 3 is 2.42 bits per heavy atom. The van der Waals surface area contributed by atoms with Gasteiger partial charge in [-0.1, -0.05) is 6.07 Å². The van der Waals surface area contributed by atoms with Crippen LogP contribution in [0, 0.1) is 12.3 Å². The maximum Gasteiger partial charge on any atom is 0.419 e. The first kappa shape index (κ1) is 31.3. The van der Waals surface area contributed by atoms with Crippen LogP contribution >= 0.6 is 0 Å². The number of anilines is 1. The number of halogens is 2. The predicted octanol–water partition coefficient (Wildman–Crippen LogP) is 6.89. The summed E-state index contributed by atoms with van der Waals surface area (Å²) in [6.45, 7) is 10.1. The molecule has 2 saturated heterocycles. The van der Waals surface area contributed by atoms with Crippen LogP contribution in [0.3, 0.4) is 0 Å². The van der Waals surface area contributed by atoms with Crippen molar-refractivity contribution in [1.82, 2.24) is 14.5 Å². The number of esters is 1. The molecule has 1 atom stereocenters. The highest BCUT2D eigenvalue weighted by atomic mass is 19.3. The van der Waals surface area contributed by atoms with Gasteiger partial charge in [0, 0.05) is 61.2 Å². The zero-order valence-electron chi connectivity index (χ0n) is 26.9. The molecule has 11 heteroatoms. The molecule has 3 fully saturated rings. The quantitative estimate of drug-likeness (QED) is 0.274. The summed E-state index contributed by atoms with van der Waals surface area (Å²) < 4.78 is 46.7. The summed E-state index contributed by atoms with van der Waals surface area (Å²) in [6, 6.07) is 7.21. The van der Waals surface area contributed by atoms with Crippen LogP contribution in [0.2, 0.25) is 0 Å². The molecule has 3 aromatic rings. The van der Waals surface area contributed by atoms with Crippen molar-refractivity contribution in [2.45, 2.75) is 83.9 Å². The Labute approximate surface area is 262 Å². The van der Waals surface area contributed by atoms with Crippen molar-refractivity contribution < 1.29 is 32.6 Å². The molecule has 0 bridgehead atoms. The highest BCUT2D eigenvalue weighted by molar-refractivity contribution is 5.95. The van der Waals surface area contributed by atoms with Crippen molar-refractivity contribution in [3.05, 3.63) is 52.8 Å². The normalized spacial score (nSPS) is 20.9. The van der Waals surface area contributed by atoms with Crippen LogP contribution in [0.25, 0.3) is 10.9 Å². The summed E-state index contributed by atoms with van der Waals surface area (Å²) in [5.74, 6) is -1.76. The van der Waals surface area contributed by atoms with Crippen molar-refractivity contribution in [2.75, 3.05) is 38.8 Å². The van der Waals surface area contributed by atoms with Gasteiger partial charge in [-0.15, -0.1) is 0 Å². The number of piperidine rings is 1. The monoisotopic (exact) mass is 624 g/mol. The minimum atomic E-state index is -2.64. The van der Waals surface area contributed by atoms with E-state index in [1.54, 1.807) is 19.4 Å². The lowest BCUT2D eigenvalue weighted by molar-refractivity contribution is -0.186. The molecule has 3 aliphatic rings. The summed E-state index contributed by atoms with van der Waals surface area (Å²) >= 11 is 0. The van der Waals surface area contributed by atoms with E-state index < -0.39 is 29.0 Å². The predicted molar refractivity (Wildman–Crippen MR) is 166 cm³/mol. The van der Waals surface area contributed by atoms with E-state index in [1.807, 2.05) is 45.9 Å². The highest BCUT2D eigenvalue weighted by Gasteiger charge is 2.58. The zero-order chi connectivity index (χ0) is 32.3. The first-order valence-electron chi connectivity index (χ1n) is 15.6. The van der Waals surface area contributed by atoms with Gasteiger partial charge in [0.05, 0.1) is 19.7 Å². The minimum Gasteiger partial charge on any atom is -0.496 e. The molecule has 2 aromatic heterocycles. The van der Waals surface area contributed by atoms with E-state index in [4.69, 9.17) is 19.2 Å². The lowest BCUT2D eigenvalue weighted by Gasteiger charge is -2.55. The van der Waals surface area contributed by atoms with Crippen LogP contribution in [0.1, 0.15) is 86.1 Å². The summed E-state index contributed by atoms with van der Waals surface area (Å²) in [4.78, 5) is 34.8. The lowest BCUT2D eigenvalue weighted by atomic mass is 9.59. The molecule has 0 radical (unpaired) electrons. The second kappa shape index (κ2) is 11.3. The molecular weight excluding hydrogens is 582 g/mol. The number of hydrogen-bond acceptors (Lipinski definition) is 8. The van der Waals surface area contributed by atoms with Gasteiger partial charge in [-0.25, -0.2) is 23.4 Å². The van der Waals surface area contributed by atoms with Crippen molar-refractivity contribution in [3.63, 3.8) is 0 Å². The molecule has 45 heavy (non-hydrogen) atoms. The van der Waals surface area contributed by atoms with Gasteiger partial charge in [-0.3, -0.25) is 9.47 Å². The number of hydrogen-bond donors (Lipinski definition) is 0. The number of aromatic nitrogens is 2. The Hall–Kier alpha value is -3.73. The molecule has 0 N–H and O–H groups in total. The summed E-state index contributed by atoms with van der Waals surface area (Å²) in [6.07, 6.45) is 3.26. The Bertz CT molecular complexity index is 1630. The molecule has 1 aromatic carbocycles. The molecule has 1 saturated carbocycles. The SMILES string of the molecule is COC(=O)c1ccc(C2CC3(CCN2Cc2c(OC)cc(C)c4c2ccn4C(=O)OC(C)(C)C)CC(F)(F)C3)c(N2CCC2)n1. The summed E-state index contributed by atoms with van der Waals surface area (Å²) in [7, 11) is 2.96. The zero-order valence-corrected chi connectivity index (χ0v) is 26.9. The number of alkyl halides is 2. The van der Waals surface area contributed by atoms with Gasteiger partial charge in [-0.05, 0) is 82.7 Å². The molecular formula is C34H42F2N4O5. The maximum absolute atomic E-state index is 14.3. The van der Waals surface area contributed by atoms with Gasteiger partial charge in [0.1, 0.15) is 17.2 Å². The van der Waals surface area contributed by atoms with E-state index in [9.17, 15) is 18.4 Å². The van der Waals surface area contributed by atoms with Crippen molar-refractivity contribution >= 4 is 28.8 Å². The van der Waals surface area contributed by atoms with E-state index in [2.05, 4.69) is 9.80 Å². The molecule has 1 unspecified atom stereocenters. The van der Waals surface area contributed by atoms with Gasteiger partial charge in [0.15, 0.2) is 5.69 Å². The largest absolute Gasteiger partial charge is 0.496 e. The van der Waals surface area contributed by atoms with Gasteiger partial charge in [-0.2, -0.15) is 0 Å². The fourth-order valence-electron chi connectivity index (χ4n) is 7.33. The Morgan fingerprint density at radius 2 is 1.82 bits per heavy atom. The minimum absolute atomic E-state index is 0.117. The number of carbonyl (C=O) groups is 2. The first-order valence-corrected chi connectivity index (χ1v) is 15.6. The topological polar surface area (TPSA) is 86.1 Å². The van der Waals surface area contributed by atoms with Gasteiger partial charge >= 0.3 is 12.1 Å². The average Bonchev–Trinajstić information content (AvgIpc) is 3.38. The number of nitrogens with zero attached hydrogens (tertiary/aromatic N) is 4. The number of carbonyl (C=O) groups excluding carboxylic acids is 2. The number of ether oxygens (including phenoxy) is 3. The lowest BCUT2D eigenvalue weighted by Crippen LogP contribution is -2.53. The number of benzene rings is 1. The Kier molecular flexibility index (Phi) is 7.82. The molecule has 242 valence electrons. The van der Waals surface area contributed by atoms with E-state index in [1.165, 1.54) is 11.7 Å². The first-order chi connectivity index (χ1) is 21.2. The van der Waals surface area contributed by atoms with Crippen LogP contribution < -0.4 is 9.64 Å². The maximum atomic E-state index is 14.3. The molecule has 4 heterocycles. The average molecular weight is 625 g/mol. The number of methoxy groups -OCH3 is 2. The van der Waals surface area contributed by atoms with Crippen LogP contribution in [0.5, 0.6) is 5.75 Å². The van der Waals surface area contributed by atoms with Crippen LogP contribution in [0.15, 0.2) is 30.5 Å². The second-order valence-corrected chi connectivity index (χ2v) is 13.9. The number of aryl methyl sites for hydroxylation is 1. The van der Waals surface area contributed by atoms with Crippen LogP contribution in [0.4, 0.5) is 19.4 Å². The second-order valence-electron chi connectivity index (χ2n) is 13.9. The fourth-order valence-corrected chi connectivity index (χ4v) is 7.33. The number of fused-ring (bicyclic) bond motifs is 1. The molecule has 6 rings (SSSR count). The van der Waals surface area contributed by atoms with E-state index in [-0.39, 0.29) is 24.6 Å². The summed E-state index contributed by atoms with van der Waals surface area (Å²) in [5.41, 5.74) is 2.56. The standard InChI is InChI=1S/C34H42F2N4O5/c1-21-16-27(43-5)24(22-10-14-40(28(21)22)31(42)45-32(2,3)4)18-39-15-11-33(19-34(35,36)20-33)17-26(39)23-8-9-25(30(41)44-6)37-29(23)38-12-7-13-38/h8-10,14,16,26H,7,11-13,15,17-20H2,1-6H3. The van der Waals surface area contributed by atoms with Gasteiger partial charge < -0.3 is 19.1 Å². The van der Waals surface area contributed by atoms with Gasteiger partial charge in [0.2, 0.25) is 5.92 Å². The fraction of sp³-hybridized carbons (Fsp3) is 0.559. The Morgan fingerprint density at radius 1 is 1.09 bits per heavy atom. The smallest absolute Gasteiger partial charge is 0.419 e. The van der Waals surface area contributed by atoms with Crippen molar-refractivity contribution in [1.29, 1.82) is 0 Å². The third kappa shape index (κ3) is 5.87. The molecule has 2 aliphatic heterocycles. The van der Waals surface area contributed by atoms with Gasteiger partial charge in [0.25, 0.3) is 0 Å².